The van der Waals surface area contributed by atoms with Gasteiger partial charge in [0.05, 0.1) is 5.92 Å². The molecule has 2 aromatic carbocycles. The Balaban J connectivity index is 1.48. The van der Waals surface area contributed by atoms with Crippen molar-refractivity contribution in [2.45, 2.75) is 51.4 Å². The van der Waals surface area contributed by atoms with Crippen LogP contribution in [-0.4, -0.2) is 24.1 Å². The predicted molar refractivity (Wildman–Crippen MR) is 135 cm³/mol. The second-order valence-corrected chi connectivity index (χ2v) is 10.1. The van der Waals surface area contributed by atoms with Crippen LogP contribution in [0.5, 0.6) is 5.75 Å². The average Bonchev–Trinajstić information content (AvgIpc) is 2.84. The smallest absolute Gasteiger partial charge is 0.262 e. The maximum Gasteiger partial charge on any atom is 0.262 e. The van der Waals surface area contributed by atoms with E-state index in [0.29, 0.717) is 65.3 Å². The first-order chi connectivity index (χ1) is 16.9. The van der Waals surface area contributed by atoms with Crippen LogP contribution in [0.25, 0.3) is 0 Å². The average molecular weight is 536 g/mol. The van der Waals surface area contributed by atoms with Gasteiger partial charge in [-0.25, -0.2) is 0 Å². The molecule has 0 unspecified atom stereocenters. The summed E-state index contributed by atoms with van der Waals surface area (Å²) < 4.78 is 12.9. The molecule has 0 bridgehead atoms. The van der Waals surface area contributed by atoms with E-state index in [1.807, 2.05) is 43.3 Å². The van der Waals surface area contributed by atoms with Crippen LogP contribution in [0.15, 0.2) is 69.6 Å². The number of anilines is 1. The molecule has 1 N–H and O–H groups in total. The molecule has 0 fully saturated rings. The van der Waals surface area contributed by atoms with Crippen molar-refractivity contribution < 1.29 is 23.9 Å². The monoisotopic (exact) mass is 535 g/mol. The van der Waals surface area contributed by atoms with Crippen molar-refractivity contribution in [3.05, 3.63) is 80.7 Å². The molecule has 1 heterocycles. The second kappa shape index (κ2) is 9.82. The number of halogens is 1. The Labute approximate surface area is 212 Å². The highest BCUT2D eigenvalue weighted by molar-refractivity contribution is 9.10. The maximum atomic E-state index is 13.1. The summed E-state index contributed by atoms with van der Waals surface area (Å²) in [7, 11) is 0. The third-order valence-electron chi connectivity index (χ3n) is 6.62. The van der Waals surface area contributed by atoms with Crippen molar-refractivity contribution in [3.63, 3.8) is 0 Å². The van der Waals surface area contributed by atoms with E-state index in [2.05, 4.69) is 21.2 Å². The van der Waals surface area contributed by atoms with E-state index in [-0.39, 0.29) is 24.1 Å². The Kier molecular flexibility index (Phi) is 6.60. The van der Waals surface area contributed by atoms with E-state index in [4.69, 9.17) is 9.47 Å². The standard InChI is InChI=1S/C28H26BrNO5/c1-16-8-11-18(12-9-16)30-25(33)15-34-22-13-10-17(29)14-19(22)26-27-20(31)4-2-6-23(27)35-24-7-3-5-21(32)28(24)26/h8-14,26H,2-7,15H2,1H3,(H,30,33). The van der Waals surface area contributed by atoms with Gasteiger partial charge in [0.2, 0.25) is 0 Å². The van der Waals surface area contributed by atoms with Crippen molar-refractivity contribution in [1.29, 1.82) is 0 Å². The Morgan fingerprint density at radius 1 is 0.971 bits per heavy atom. The van der Waals surface area contributed by atoms with Crippen molar-refractivity contribution >= 4 is 39.1 Å². The molecule has 3 aliphatic rings. The van der Waals surface area contributed by atoms with Gasteiger partial charge in [0, 0.05) is 52.6 Å². The first-order valence-electron chi connectivity index (χ1n) is 11.9. The van der Waals surface area contributed by atoms with E-state index < -0.39 is 5.92 Å². The van der Waals surface area contributed by atoms with Gasteiger partial charge in [0.25, 0.3) is 5.91 Å². The zero-order valence-electron chi connectivity index (χ0n) is 19.5. The summed E-state index contributed by atoms with van der Waals surface area (Å²) in [4.78, 5) is 38.8. The molecule has 0 saturated heterocycles. The van der Waals surface area contributed by atoms with Crippen molar-refractivity contribution in [3.8, 4) is 5.75 Å². The van der Waals surface area contributed by atoms with Crippen LogP contribution in [0.4, 0.5) is 5.69 Å². The lowest BCUT2D eigenvalue weighted by molar-refractivity contribution is -0.119. The molecule has 1 amide bonds. The lowest BCUT2D eigenvalue weighted by Gasteiger charge is -2.36. The zero-order chi connectivity index (χ0) is 24.5. The quantitative estimate of drug-likeness (QED) is 0.515. The number of aryl methyl sites for hydroxylation is 1. The van der Waals surface area contributed by atoms with Crippen molar-refractivity contribution in [2.24, 2.45) is 0 Å². The summed E-state index contributed by atoms with van der Waals surface area (Å²) in [6.07, 6.45) is 3.68. The molecular weight excluding hydrogens is 510 g/mol. The molecule has 2 aliphatic carbocycles. The van der Waals surface area contributed by atoms with Gasteiger partial charge in [0.1, 0.15) is 17.3 Å². The van der Waals surface area contributed by atoms with Crippen LogP contribution in [0, 0.1) is 6.92 Å². The second-order valence-electron chi connectivity index (χ2n) is 9.15. The Hall–Kier alpha value is -3.19. The molecule has 2 aromatic rings. The number of Topliss-reactive ketones (excluding diaryl/α,β-unsaturated/α-hetero) is 2. The normalized spacial score (nSPS) is 18.1. The minimum atomic E-state index is -0.554. The highest BCUT2D eigenvalue weighted by atomic mass is 79.9. The van der Waals surface area contributed by atoms with Gasteiger partial charge in [-0.15, -0.1) is 0 Å². The number of allylic oxidation sites excluding steroid dienone is 4. The summed E-state index contributed by atoms with van der Waals surface area (Å²) in [5.41, 5.74) is 3.59. The maximum absolute atomic E-state index is 13.1. The van der Waals surface area contributed by atoms with Crippen LogP contribution in [0.2, 0.25) is 0 Å². The van der Waals surface area contributed by atoms with Crippen molar-refractivity contribution in [2.75, 3.05) is 11.9 Å². The Morgan fingerprint density at radius 2 is 1.60 bits per heavy atom. The molecule has 0 atom stereocenters. The molecule has 0 saturated carbocycles. The third-order valence-corrected chi connectivity index (χ3v) is 7.11. The fourth-order valence-electron chi connectivity index (χ4n) is 4.98. The highest BCUT2D eigenvalue weighted by Crippen LogP contribution is 2.50. The molecule has 180 valence electrons. The SMILES string of the molecule is Cc1ccc(NC(=O)COc2ccc(Br)cc2C2C3=C(CCCC3=O)OC3=C2C(=O)CCC3)cc1. The Morgan fingerprint density at radius 3 is 2.23 bits per heavy atom. The number of benzene rings is 2. The minimum Gasteiger partial charge on any atom is -0.483 e. The number of hydrogen-bond donors (Lipinski definition) is 1. The molecule has 7 heteroatoms. The van der Waals surface area contributed by atoms with E-state index in [1.165, 1.54) is 0 Å². The number of rotatable bonds is 5. The number of carbonyl (C=O) groups is 3. The summed E-state index contributed by atoms with van der Waals surface area (Å²) in [6, 6.07) is 13.0. The zero-order valence-corrected chi connectivity index (χ0v) is 21.1. The Bertz CT molecular complexity index is 1230. The minimum absolute atomic E-state index is 0.00390. The van der Waals surface area contributed by atoms with E-state index in [0.717, 1.165) is 22.9 Å². The van der Waals surface area contributed by atoms with Gasteiger partial charge >= 0.3 is 0 Å². The first kappa shape index (κ1) is 23.5. The van der Waals surface area contributed by atoms with Gasteiger partial charge in [-0.05, 0) is 50.1 Å². The molecule has 6 nitrogen and oxygen atoms in total. The number of hydrogen-bond acceptors (Lipinski definition) is 5. The first-order valence-corrected chi connectivity index (χ1v) is 12.7. The van der Waals surface area contributed by atoms with E-state index in [1.54, 1.807) is 6.07 Å². The number of ether oxygens (including phenoxy) is 2. The predicted octanol–water partition coefficient (Wildman–Crippen LogP) is 5.90. The number of ketones is 2. The van der Waals surface area contributed by atoms with E-state index in [9.17, 15) is 14.4 Å². The van der Waals surface area contributed by atoms with E-state index >= 15 is 0 Å². The lowest BCUT2D eigenvalue weighted by atomic mass is 9.73. The van der Waals surface area contributed by atoms with Gasteiger partial charge in [-0.3, -0.25) is 14.4 Å². The molecule has 1 aliphatic heterocycles. The number of amides is 1. The summed E-state index contributed by atoms with van der Waals surface area (Å²) in [5, 5.41) is 2.83. The lowest BCUT2D eigenvalue weighted by Crippen LogP contribution is -2.30. The molecule has 35 heavy (non-hydrogen) atoms. The van der Waals surface area contributed by atoms with Crippen molar-refractivity contribution in [1.82, 2.24) is 0 Å². The van der Waals surface area contributed by atoms with Crippen LogP contribution in [0.3, 0.4) is 0 Å². The van der Waals surface area contributed by atoms with Crippen LogP contribution < -0.4 is 10.1 Å². The third kappa shape index (κ3) is 4.82. The molecular formula is C28H26BrNO5. The van der Waals surface area contributed by atoms with Crippen LogP contribution in [-0.2, 0) is 19.1 Å². The van der Waals surface area contributed by atoms with Gasteiger partial charge < -0.3 is 14.8 Å². The molecule has 0 radical (unpaired) electrons. The topological polar surface area (TPSA) is 81.7 Å². The van der Waals surface area contributed by atoms with Gasteiger partial charge in [-0.1, -0.05) is 33.6 Å². The number of nitrogens with one attached hydrogen (secondary N) is 1. The summed E-state index contributed by atoms with van der Waals surface area (Å²) in [5.74, 6) is 0.965. The molecule has 0 aromatic heterocycles. The van der Waals surface area contributed by atoms with Crippen LogP contribution >= 0.6 is 15.9 Å². The number of carbonyl (C=O) groups excluding carboxylic acids is 3. The fraction of sp³-hybridized carbons (Fsp3) is 0.321. The largest absolute Gasteiger partial charge is 0.483 e. The molecule has 0 spiro atoms. The summed E-state index contributed by atoms with van der Waals surface area (Å²) >= 11 is 3.53. The summed E-state index contributed by atoms with van der Waals surface area (Å²) in [6.45, 7) is 1.78. The van der Waals surface area contributed by atoms with Gasteiger partial charge in [0.15, 0.2) is 18.2 Å². The fourth-order valence-corrected chi connectivity index (χ4v) is 5.36. The highest BCUT2D eigenvalue weighted by Gasteiger charge is 2.42. The van der Waals surface area contributed by atoms with Gasteiger partial charge in [-0.2, -0.15) is 0 Å². The van der Waals surface area contributed by atoms with Crippen LogP contribution in [0.1, 0.15) is 55.6 Å². The molecule has 5 rings (SSSR count).